The van der Waals surface area contributed by atoms with Gasteiger partial charge >= 0.3 is 6.18 Å². The Kier molecular flexibility index (Phi) is 3.78. The summed E-state index contributed by atoms with van der Waals surface area (Å²) in [4.78, 5) is 12.0. The molecule has 0 radical (unpaired) electrons. The van der Waals surface area contributed by atoms with Crippen molar-refractivity contribution in [2.75, 3.05) is 5.32 Å². The van der Waals surface area contributed by atoms with Crippen molar-refractivity contribution in [2.45, 2.75) is 25.1 Å². The van der Waals surface area contributed by atoms with Crippen LogP contribution in [0.3, 0.4) is 0 Å². The van der Waals surface area contributed by atoms with Crippen LogP contribution >= 0.6 is 0 Å². The molecule has 1 aliphatic rings. The zero-order valence-corrected chi connectivity index (χ0v) is 13.3. The molecule has 3 aromatic rings. The molecule has 2 aromatic heterocycles. The number of aromatic nitrogens is 3. The normalized spacial score (nSPS) is 16.5. The highest BCUT2D eigenvalue weighted by molar-refractivity contribution is 6.02. The number of hydrogen-bond donors (Lipinski definition) is 1. The molecule has 6 nitrogen and oxygen atoms in total. The largest absolute Gasteiger partial charge is 0.416 e. The SMILES string of the molecule is O=C(Nc1cnn(C2CCc3cc(C(F)(F)F)ccc32)c1)c1ccon1. The van der Waals surface area contributed by atoms with E-state index in [1.54, 1.807) is 10.9 Å². The van der Waals surface area contributed by atoms with Crippen molar-refractivity contribution in [1.82, 2.24) is 14.9 Å². The van der Waals surface area contributed by atoms with Crippen molar-refractivity contribution in [2.24, 2.45) is 0 Å². The van der Waals surface area contributed by atoms with E-state index in [1.165, 1.54) is 30.7 Å². The molecule has 4 rings (SSSR count). The zero-order valence-electron chi connectivity index (χ0n) is 13.3. The molecule has 0 saturated heterocycles. The van der Waals surface area contributed by atoms with E-state index >= 15 is 0 Å². The topological polar surface area (TPSA) is 73.0 Å². The first-order valence-electron chi connectivity index (χ1n) is 7.88. The van der Waals surface area contributed by atoms with Crippen LogP contribution < -0.4 is 5.32 Å². The second kappa shape index (κ2) is 6.01. The smallest absolute Gasteiger partial charge is 0.364 e. The zero-order chi connectivity index (χ0) is 18.3. The third-order valence-electron chi connectivity index (χ3n) is 4.37. The minimum atomic E-state index is -4.35. The lowest BCUT2D eigenvalue weighted by Crippen LogP contribution is -2.12. The fourth-order valence-corrected chi connectivity index (χ4v) is 3.14. The summed E-state index contributed by atoms with van der Waals surface area (Å²) in [6.45, 7) is 0. The molecule has 0 spiro atoms. The second-order valence-corrected chi connectivity index (χ2v) is 6.01. The summed E-state index contributed by atoms with van der Waals surface area (Å²) < 4.78 is 44.8. The average Bonchev–Trinajstić information content (AvgIpc) is 3.33. The Bertz CT molecular complexity index is 947. The van der Waals surface area contributed by atoms with Gasteiger partial charge in [-0.3, -0.25) is 9.48 Å². The predicted octanol–water partition coefficient (Wildman–Crippen LogP) is 3.68. The number of anilines is 1. The average molecular weight is 362 g/mol. The lowest BCUT2D eigenvalue weighted by atomic mass is 10.0. The molecular weight excluding hydrogens is 349 g/mol. The Labute approximate surface area is 145 Å². The van der Waals surface area contributed by atoms with Crippen molar-refractivity contribution in [3.8, 4) is 0 Å². The van der Waals surface area contributed by atoms with Gasteiger partial charge in [-0.05, 0) is 36.1 Å². The van der Waals surface area contributed by atoms with Gasteiger partial charge in [0.25, 0.3) is 5.91 Å². The van der Waals surface area contributed by atoms with Crippen LogP contribution in [0.4, 0.5) is 18.9 Å². The number of hydrogen-bond acceptors (Lipinski definition) is 4. The third kappa shape index (κ3) is 2.96. The van der Waals surface area contributed by atoms with Crippen molar-refractivity contribution in [3.63, 3.8) is 0 Å². The number of carbonyl (C=O) groups is 1. The number of amides is 1. The highest BCUT2D eigenvalue weighted by Gasteiger charge is 2.33. The molecule has 1 atom stereocenters. The van der Waals surface area contributed by atoms with Crippen LogP contribution in [0.5, 0.6) is 0 Å². The van der Waals surface area contributed by atoms with Crippen molar-refractivity contribution in [3.05, 3.63) is 65.3 Å². The fraction of sp³-hybridized carbons (Fsp3) is 0.235. The van der Waals surface area contributed by atoms with Crippen molar-refractivity contribution in [1.29, 1.82) is 0 Å². The molecule has 1 aromatic carbocycles. The quantitative estimate of drug-likeness (QED) is 0.771. The maximum absolute atomic E-state index is 12.8. The number of rotatable bonds is 3. The van der Waals surface area contributed by atoms with Gasteiger partial charge in [-0.2, -0.15) is 18.3 Å². The van der Waals surface area contributed by atoms with Gasteiger partial charge in [-0.25, -0.2) is 0 Å². The van der Waals surface area contributed by atoms with Gasteiger partial charge in [0.05, 0.1) is 23.5 Å². The minimum Gasteiger partial charge on any atom is -0.364 e. The number of carbonyl (C=O) groups excluding carboxylic acids is 1. The second-order valence-electron chi connectivity index (χ2n) is 6.01. The van der Waals surface area contributed by atoms with Crippen molar-refractivity contribution >= 4 is 11.6 Å². The fourth-order valence-electron chi connectivity index (χ4n) is 3.14. The summed E-state index contributed by atoms with van der Waals surface area (Å²) in [7, 11) is 0. The molecule has 1 aliphatic carbocycles. The molecule has 0 bridgehead atoms. The molecule has 26 heavy (non-hydrogen) atoms. The van der Waals surface area contributed by atoms with Gasteiger partial charge in [0, 0.05) is 12.3 Å². The van der Waals surface area contributed by atoms with Crippen LogP contribution in [0, 0.1) is 0 Å². The summed E-state index contributed by atoms with van der Waals surface area (Å²) in [5.74, 6) is -0.431. The number of fused-ring (bicyclic) bond motifs is 1. The first-order chi connectivity index (χ1) is 12.4. The molecule has 1 unspecified atom stereocenters. The van der Waals surface area contributed by atoms with Gasteiger partial charge < -0.3 is 9.84 Å². The summed E-state index contributed by atoms with van der Waals surface area (Å²) >= 11 is 0. The number of nitrogens with one attached hydrogen (secondary N) is 1. The lowest BCUT2D eigenvalue weighted by molar-refractivity contribution is -0.137. The molecule has 9 heteroatoms. The van der Waals surface area contributed by atoms with Crippen molar-refractivity contribution < 1.29 is 22.5 Å². The highest BCUT2D eigenvalue weighted by atomic mass is 19.4. The molecule has 0 aliphatic heterocycles. The maximum Gasteiger partial charge on any atom is 0.416 e. The van der Waals surface area contributed by atoms with E-state index in [1.807, 2.05) is 0 Å². The highest BCUT2D eigenvalue weighted by Crippen LogP contribution is 2.38. The first kappa shape index (κ1) is 16.4. The van der Waals surface area contributed by atoms with Gasteiger partial charge in [0.1, 0.15) is 6.26 Å². The minimum absolute atomic E-state index is 0.142. The number of nitrogens with zero attached hydrogens (tertiary/aromatic N) is 3. The lowest BCUT2D eigenvalue weighted by Gasteiger charge is -2.13. The summed E-state index contributed by atoms with van der Waals surface area (Å²) in [6, 6.07) is 5.07. The molecule has 134 valence electrons. The summed E-state index contributed by atoms with van der Waals surface area (Å²) in [6.07, 6.45) is 1.27. The Balaban J connectivity index is 1.54. The van der Waals surface area contributed by atoms with E-state index in [0.29, 0.717) is 24.1 Å². The van der Waals surface area contributed by atoms with Gasteiger partial charge in [0.2, 0.25) is 0 Å². The molecule has 0 saturated carbocycles. The van der Waals surface area contributed by atoms with Crippen LogP contribution in [-0.2, 0) is 12.6 Å². The molecule has 1 N–H and O–H groups in total. The maximum atomic E-state index is 12.8. The first-order valence-corrected chi connectivity index (χ1v) is 7.88. The van der Waals surface area contributed by atoms with E-state index in [9.17, 15) is 18.0 Å². The predicted molar refractivity (Wildman–Crippen MR) is 84.6 cm³/mol. The molecular formula is C17H13F3N4O2. The monoisotopic (exact) mass is 362 g/mol. The standard InChI is InChI=1S/C17H13F3N4O2/c18-17(19,20)11-2-3-13-10(7-11)1-4-15(13)24-9-12(8-21-24)22-16(25)14-5-6-26-23-14/h2-3,5-9,15H,1,4H2,(H,22,25). The van der Waals surface area contributed by atoms with Crippen LogP contribution in [0.2, 0.25) is 0 Å². The Hall–Kier alpha value is -3.10. The van der Waals surface area contributed by atoms with Crippen LogP contribution in [-0.4, -0.2) is 20.8 Å². The molecule has 1 amide bonds. The number of alkyl halides is 3. The van der Waals surface area contributed by atoms with E-state index < -0.39 is 17.6 Å². The van der Waals surface area contributed by atoms with Gasteiger partial charge in [-0.1, -0.05) is 11.2 Å². The van der Waals surface area contributed by atoms with Crippen LogP contribution in [0.1, 0.15) is 39.6 Å². The van der Waals surface area contributed by atoms with Gasteiger partial charge in [0.15, 0.2) is 5.69 Å². The van der Waals surface area contributed by atoms with E-state index in [-0.39, 0.29) is 11.7 Å². The third-order valence-corrected chi connectivity index (χ3v) is 4.37. The van der Waals surface area contributed by atoms with Crippen LogP contribution in [0.15, 0.2) is 47.4 Å². The van der Waals surface area contributed by atoms with Crippen LogP contribution in [0.25, 0.3) is 0 Å². The number of aryl methyl sites for hydroxylation is 1. The Morgan fingerprint density at radius 1 is 1.31 bits per heavy atom. The summed E-state index contributed by atoms with van der Waals surface area (Å²) in [5.41, 5.74) is 1.46. The summed E-state index contributed by atoms with van der Waals surface area (Å²) in [5, 5.41) is 10.4. The molecule has 2 heterocycles. The molecule has 0 fully saturated rings. The Morgan fingerprint density at radius 2 is 2.15 bits per heavy atom. The number of benzene rings is 1. The van der Waals surface area contributed by atoms with E-state index in [2.05, 4.69) is 20.1 Å². The Morgan fingerprint density at radius 3 is 2.88 bits per heavy atom. The van der Waals surface area contributed by atoms with E-state index in [0.717, 1.165) is 11.6 Å². The number of halogens is 3. The van der Waals surface area contributed by atoms with Gasteiger partial charge in [-0.15, -0.1) is 0 Å². The van der Waals surface area contributed by atoms with E-state index in [4.69, 9.17) is 0 Å².